The van der Waals surface area contributed by atoms with Gasteiger partial charge in [0.05, 0.1) is 9.79 Å². The van der Waals surface area contributed by atoms with Crippen LogP contribution in [0.2, 0.25) is 0 Å². The van der Waals surface area contributed by atoms with E-state index in [2.05, 4.69) is 0 Å². The summed E-state index contributed by atoms with van der Waals surface area (Å²) in [6, 6.07) is 17.6. The second kappa shape index (κ2) is 9.92. The molecule has 2 amide bonds. The first kappa shape index (κ1) is 22.2. The molecule has 2 aromatic rings. The third-order valence-corrected chi connectivity index (χ3v) is 6.19. The van der Waals surface area contributed by atoms with Crippen molar-refractivity contribution in [3.8, 4) is 0 Å². The van der Waals surface area contributed by atoms with Crippen LogP contribution in [0.5, 0.6) is 0 Å². The highest BCUT2D eigenvalue weighted by Gasteiger charge is 2.51. The van der Waals surface area contributed by atoms with Gasteiger partial charge < -0.3 is 10.2 Å². The molecule has 10 heteroatoms. The standard InChI is InChI=1S/C18H20N2O6S2/c1-3-19(17(21)22,27-15-11-7-5-8-12-15)25-26-20(4-2,18(23)24)28-16-13-9-6-10-14-16/h5-14H,3-4H2,1-2H3/p+2. The van der Waals surface area contributed by atoms with Gasteiger partial charge in [-0.1, -0.05) is 36.4 Å². The van der Waals surface area contributed by atoms with E-state index in [1.807, 2.05) is 12.1 Å². The third-order valence-electron chi connectivity index (χ3n) is 3.68. The van der Waals surface area contributed by atoms with Crippen LogP contribution in [0.4, 0.5) is 9.59 Å². The van der Waals surface area contributed by atoms with Gasteiger partial charge in [-0.25, -0.2) is 0 Å². The Balaban J connectivity index is 2.28. The molecule has 2 atom stereocenters. The zero-order valence-corrected chi connectivity index (χ0v) is 17.1. The van der Waals surface area contributed by atoms with Crippen LogP contribution in [0.3, 0.4) is 0 Å². The number of hydrogen-bond donors (Lipinski definition) is 2. The molecule has 0 spiro atoms. The van der Waals surface area contributed by atoms with Gasteiger partial charge in [0, 0.05) is 18.1 Å². The summed E-state index contributed by atoms with van der Waals surface area (Å²) in [4.78, 5) is 35.8. The maximum absolute atomic E-state index is 12.0. The van der Waals surface area contributed by atoms with Crippen molar-refractivity contribution in [1.82, 2.24) is 0 Å². The van der Waals surface area contributed by atoms with E-state index in [9.17, 15) is 19.8 Å². The Morgan fingerprint density at radius 3 is 1.32 bits per heavy atom. The van der Waals surface area contributed by atoms with E-state index in [1.54, 1.807) is 62.4 Å². The number of quaternary nitrogens is 2. The number of benzene rings is 2. The van der Waals surface area contributed by atoms with Gasteiger partial charge in [0.15, 0.2) is 23.9 Å². The normalized spacial score (nSPS) is 15.4. The lowest BCUT2D eigenvalue weighted by Gasteiger charge is -2.28. The van der Waals surface area contributed by atoms with Gasteiger partial charge in [-0.2, -0.15) is 9.59 Å². The van der Waals surface area contributed by atoms with Gasteiger partial charge in [0.1, 0.15) is 13.1 Å². The second-order valence-corrected chi connectivity index (χ2v) is 7.99. The number of carbonyl (C=O) groups is 2. The van der Waals surface area contributed by atoms with Crippen LogP contribution in [0.25, 0.3) is 0 Å². The molecule has 2 N–H and O–H groups in total. The molecular weight excluding hydrogens is 404 g/mol. The number of nitrogens with zero attached hydrogens (tertiary/aromatic N) is 2. The Bertz CT molecular complexity index is 728. The lowest BCUT2D eigenvalue weighted by atomic mass is 10.4. The number of carboxylic acid groups (broad SMARTS) is 2. The summed E-state index contributed by atoms with van der Waals surface area (Å²) in [5, 5.41) is 19.5. The molecule has 2 aromatic carbocycles. The fourth-order valence-electron chi connectivity index (χ4n) is 2.09. The molecule has 0 aliphatic heterocycles. The molecule has 0 radical (unpaired) electrons. The number of amides is 2. The van der Waals surface area contributed by atoms with Crippen molar-refractivity contribution in [3.05, 3.63) is 60.7 Å². The molecule has 0 saturated carbocycles. The predicted molar refractivity (Wildman–Crippen MR) is 104 cm³/mol. The van der Waals surface area contributed by atoms with Gasteiger partial charge in [-0.15, -0.1) is 0 Å². The largest absolute Gasteiger partial charge is 0.562 e. The minimum Gasteiger partial charge on any atom is -0.432 e. The number of rotatable bonds is 9. The highest BCUT2D eigenvalue weighted by atomic mass is 32.2. The van der Waals surface area contributed by atoms with Gasteiger partial charge in [0.25, 0.3) is 0 Å². The first-order valence-corrected chi connectivity index (χ1v) is 10.0. The SMILES string of the molecule is CC[N+](OO[N+](CC)(Sc1ccccc1)C(=O)O)(Sc1ccccc1)C(=O)O. The van der Waals surface area contributed by atoms with E-state index in [-0.39, 0.29) is 13.1 Å². The Morgan fingerprint density at radius 2 is 1.07 bits per heavy atom. The minimum absolute atomic E-state index is 0.00572. The van der Waals surface area contributed by atoms with Crippen LogP contribution in [0.15, 0.2) is 70.5 Å². The van der Waals surface area contributed by atoms with Crippen molar-refractivity contribution >= 4 is 36.1 Å². The average Bonchev–Trinajstić information content (AvgIpc) is 2.71. The summed E-state index contributed by atoms with van der Waals surface area (Å²) in [7, 11) is 0. The van der Waals surface area contributed by atoms with E-state index >= 15 is 0 Å². The molecule has 2 unspecified atom stereocenters. The van der Waals surface area contributed by atoms with Gasteiger partial charge in [-0.3, -0.25) is 0 Å². The summed E-state index contributed by atoms with van der Waals surface area (Å²) in [6.45, 7) is 3.21. The molecular formula is C18H22N2O6S2+2. The summed E-state index contributed by atoms with van der Waals surface area (Å²) in [6.07, 6.45) is -2.64. The van der Waals surface area contributed by atoms with E-state index in [0.717, 1.165) is 23.9 Å². The Kier molecular flexibility index (Phi) is 7.87. The van der Waals surface area contributed by atoms with Crippen molar-refractivity contribution in [2.24, 2.45) is 0 Å². The molecule has 0 heterocycles. The number of hydrogen-bond acceptors (Lipinski definition) is 6. The van der Waals surface area contributed by atoms with Crippen molar-refractivity contribution in [2.45, 2.75) is 23.6 Å². The maximum atomic E-state index is 12.0. The summed E-state index contributed by atoms with van der Waals surface area (Å²) >= 11 is 1.78. The smallest absolute Gasteiger partial charge is 0.432 e. The third kappa shape index (κ3) is 5.25. The van der Waals surface area contributed by atoms with Crippen LogP contribution in [0, 0.1) is 0 Å². The van der Waals surface area contributed by atoms with Gasteiger partial charge in [0.2, 0.25) is 0 Å². The van der Waals surface area contributed by atoms with E-state index < -0.39 is 20.3 Å². The van der Waals surface area contributed by atoms with Crippen molar-refractivity contribution in [3.63, 3.8) is 0 Å². The lowest BCUT2D eigenvalue weighted by Crippen LogP contribution is -2.52. The minimum atomic E-state index is -1.32. The molecule has 8 nitrogen and oxygen atoms in total. The fraction of sp³-hybridized carbons (Fsp3) is 0.222. The van der Waals surface area contributed by atoms with Crippen LogP contribution >= 0.6 is 23.9 Å². The molecule has 0 aliphatic rings. The van der Waals surface area contributed by atoms with Crippen molar-refractivity contribution in [1.29, 1.82) is 0 Å². The molecule has 2 rings (SSSR count). The van der Waals surface area contributed by atoms with E-state index in [0.29, 0.717) is 9.79 Å². The number of hydroxylamine groups is 4. The zero-order chi connectivity index (χ0) is 20.6. The molecule has 0 saturated heterocycles. The molecule has 0 fully saturated rings. The highest BCUT2D eigenvalue weighted by molar-refractivity contribution is 7.94. The quantitative estimate of drug-likeness (QED) is 0.244. The molecule has 0 aromatic heterocycles. The van der Waals surface area contributed by atoms with Crippen LogP contribution < -0.4 is 0 Å². The van der Waals surface area contributed by atoms with Crippen molar-refractivity contribution < 1.29 is 37.9 Å². The van der Waals surface area contributed by atoms with Gasteiger partial charge in [-0.05, 0) is 38.1 Å². The Morgan fingerprint density at radius 1 is 0.750 bits per heavy atom. The lowest BCUT2D eigenvalue weighted by molar-refractivity contribution is -1.14. The van der Waals surface area contributed by atoms with Crippen LogP contribution in [-0.2, 0) is 9.98 Å². The first-order valence-electron chi connectivity index (χ1n) is 8.48. The predicted octanol–water partition coefficient (Wildman–Crippen LogP) is 5.21. The van der Waals surface area contributed by atoms with Gasteiger partial charge >= 0.3 is 12.2 Å². The summed E-state index contributed by atoms with van der Waals surface area (Å²) < 4.78 is -2.01. The molecule has 0 bridgehead atoms. The average molecular weight is 427 g/mol. The maximum Gasteiger partial charge on any atom is 0.562 e. The van der Waals surface area contributed by atoms with Crippen LogP contribution in [0.1, 0.15) is 13.8 Å². The van der Waals surface area contributed by atoms with E-state index in [1.165, 1.54) is 0 Å². The van der Waals surface area contributed by atoms with Crippen molar-refractivity contribution in [2.75, 3.05) is 13.1 Å². The Labute approximate surface area is 171 Å². The summed E-state index contributed by atoms with van der Waals surface area (Å²) in [5.41, 5.74) is 0. The Hall–Kier alpha value is -2.08. The topological polar surface area (TPSA) is 93.1 Å². The van der Waals surface area contributed by atoms with E-state index in [4.69, 9.17) is 9.98 Å². The zero-order valence-electron chi connectivity index (χ0n) is 15.4. The second-order valence-electron chi connectivity index (χ2n) is 5.50. The summed E-state index contributed by atoms with van der Waals surface area (Å²) in [5.74, 6) is 0. The molecule has 28 heavy (non-hydrogen) atoms. The fourth-order valence-corrected chi connectivity index (χ4v) is 3.86. The first-order chi connectivity index (χ1) is 13.4. The monoisotopic (exact) mass is 426 g/mol. The molecule has 0 aliphatic carbocycles. The molecule has 150 valence electrons. The van der Waals surface area contributed by atoms with Crippen LogP contribution in [-0.4, -0.2) is 43.6 Å². The highest BCUT2D eigenvalue weighted by Crippen LogP contribution is 2.37.